The maximum absolute atomic E-state index is 12.3. The molecule has 1 aromatic carbocycles. The Morgan fingerprint density at radius 3 is 2.70 bits per heavy atom. The number of rotatable bonds is 6. The van der Waals surface area contributed by atoms with Crippen LogP contribution in [0, 0.1) is 25.2 Å². The molecule has 2 heterocycles. The fourth-order valence-electron chi connectivity index (χ4n) is 2.95. The second-order valence-electron chi connectivity index (χ2n) is 6.25. The number of aromatic nitrogens is 2. The monoisotopic (exact) mass is 379 g/mol. The van der Waals surface area contributed by atoms with Gasteiger partial charge in [0, 0.05) is 16.3 Å². The molecule has 0 fully saturated rings. The smallest absolute Gasteiger partial charge is 0.252 e. The van der Waals surface area contributed by atoms with Crippen molar-refractivity contribution in [2.75, 3.05) is 12.3 Å². The third kappa shape index (κ3) is 4.01. The summed E-state index contributed by atoms with van der Waals surface area (Å²) in [6.07, 6.45) is 1.24. The largest absolute Gasteiger partial charge is 0.382 e. The van der Waals surface area contributed by atoms with E-state index in [-0.39, 0.29) is 5.91 Å². The van der Waals surface area contributed by atoms with Gasteiger partial charge < -0.3 is 11.1 Å². The molecule has 6 nitrogen and oxygen atoms in total. The molecule has 0 bridgehead atoms. The molecule has 0 aliphatic carbocycles. The van der Waals surface area contributed by atoms with Crippen LogP contribution < -0.4 is 11.1 Å². The van der Waals surface area contributed by atoms with Gasteiger partial charge in [0.1, 0.15) is 17.5 Å². The predicted octanol–water partition coefficient (Wildman–Crippen LogP) is 3.37. The minimum atomic E-state index is -0.0633. The van der Waals surface area contributed by atoms with Crippen molar-refractivity contribution in [3.8, 4) is 11.8 Å². The average Bonchev–Trinajstić information content (AvgIpc) is 3.17. The van der Waals surface area contributed by atoms with Crippen LogP contribution >= 0.6 is 11.3 Å². The Morgan fingerprint density at radius 1 is 1.33 bits per heavy atom. The molecule has 3 N–H and O–H groups in total. The van der Waals surface area contributed by atoms with E-state index in [0.717, 1.165) is 21.0 Å². The second-order valence-corrected chi connectivity index (χ2v) is 7.71. The second kappa shape index (κ2) is 8.06. The molecule has 3 rings (SSSR count). The molecule has 2 aromatic heterocycles. The molecule has 0 radical (unpaired) electrons. The van der Waals surface area contributed by atoms with Crippen LogP contribution in [-0.2, 0) is 6.42 Å². The molecule has 0 atom stereocenters. The maximum Gasteiger partial charge on any atom is 0.252 e. The molecule has 7 heteroatoms. The first kappa shape index (κ1) is 18.7. The lowest BCUT2D eigenvalue weighted by Gasteiger charge is -2.04. The van der Waals surface area contributed by atoms with Gasteiger partial charge in [-0.15, -0.1) is 11.3 Å². The first-order chi connectivity index (χ1) is 13.0. The number of nitrogen functional groups attached to an aromatic ring is 1. The van der Waals surface area contributed by atoms with Crippen LogP contribution in [0.25, 0.3) is 5.69 Å². The predicted molar refractivity (Wildman–Crippen MR) is 107 cm³/mol. The van der Waals surface area contributed by atoms with E-state index in [0.29, 0.717) is 36.5 Å². The number of hydrogen-bond acceptors (Lipinski definition) is 5. The number of amides is 1. The number of carbonyl (C=O) groups excluding carboxylic acids is 1. The number of nitriles is 1. The summed E-state index contributed by atoms with van der Waals surface area (Å²) >= 11 is 1.62. The van der Waals surface area contributed by atoms with Gasteiger partial charge in [0.15, 0.2) is 0 Å². The number of aryl methyl sites for hydroxylation is 3. The zero-order valence-electron chi connectivity index (χ0n) is 15.3. The Bertz CT molecular complexity index is 998. The number of thiophene rings is 1. The third-order valence-corrected chi connectivity index (χ3v) is 5.23. The van der Waals surface area contributed by atoms with E-state index in [1.807, 2.05) is 50.2 Å². The van der Waals surface area contributed by atoms with Crippen LogP contribution in [0.5, 0.6) is 0 Å². The van der Waals surface area contributed by atoms with E-state index >= 15 is 0 Å². The average molecular weight is 379 g/mol. The van der Waals surface area contributed by atoms with Gasteiger partial charge in [-0.25, -0.2) is 4.68 Å². The van der Waals surface area contributed by atoms with Crippen molar-refractivity contribution < 1.29 is 4.79 Å². The van der Waals surface area contributed by atoms with Crippen molar-refractivity contribution in [1.29, 1.82) is 5.26 Å². The topological polar surface area (TPSA) is 96.7 Å². The van der Waals surface area contributed by atoms with Crippen LogP contribution in [0.2, 0.25) is 0 Å². The van der Waals surface area contributed by atoms with Gasteiger partial charge in [-0.2, -0.15) is 10.4 Å². The van der Waals surface area contributed by atoms with E-state index in [9.17, 15) is 10.1 Å². The Morgan fingerprint density at radius 2 is 2.07 bits per heavy atom. The highest BCUT2D eigenvalue weighted by atomic mass is 32.1. The first-order valence-corrected chi connectivity index (χ1v) is 9.51. The van der Waals surface area contributed by atoms with Gasteiger partial charge in [0.2, 0.25) is 0 Å². The number of carbonyl (C=O) groups is 1. The van der Waals surface area contributed by atoms with Crippen molar-refractivity contribution in [3.05, 3.63) is 63.0 Å². The normalized spacial score (nSPS) is 10.6. The number of hydrogen-bond donors (Lipinski definition) is 2. The summed E-state index contributed by atoms with van der Waals surface area (Å²) < 4.78 is 1.59. The molecule has 138 valence electrons. The fraction of sp³-hybridized carbons (Fsp3) is 0.250. The van der Waals surface area contributed by atoms with E-state index < -0.39 is 0 Å². The summed E-state index contributed by atoms with van der Waals surface area (Å²) in [5.74, 6) is 0.277. The zero-order chi connectivity index (χ0) is 19.4. The van der Waals surface area contributed by atoms with E-state index in [1.54, 1.807) is 16.0 Å². The van der Waals surface area contributed by atoms with E-state index in [4.69, 9.17) is 5.73 Å². The molecule has 0 aliphatic heterocycles. The summed E-state index contributed by atoms with van der Waals surface area (Å²) in [7, 11) is 0. The van der Waals surface area contributed by atoms with Crippen LogP contribution in [0.3, 0.4) is 0 Å². The van der Waals surface area contributed by atoms with Crippen LogP contribution in [0.1, 0.15) is 37.8 Å². The lowest BCUT2D eigenvalue weighted by atomic mass is 10.1. The number of anilines is 1. The molecule has 3 aromatic rings. The zero-order valence-corrected chi connectivity index (χ0v) is 16.1. The molecule has 0 spiro atoms. The Labute approximate surface area is 162 Å². The van der Waals surface area contributed by atoms with Gasteiger partial charge in [0.05, 0.1) is 16.9 Å². The summed E-state index contributed by atoms with van der Waals surface area (Å²) in [5.41, 5.74) is 8.69. The van der Waals surface area contributed by atoms with Crippen LogP contribution in [-0.4, -0.2) is 22.2 Å². The van der Waals surface area contributed by atoms with Crippen molar-refractivity contribution in [2.45, 2.75) is 26.7 Å². The van der Waals surface area contributed by atoms with E-state index in [2.05, 4.69) is 16.5 Å². The van der Waals surface area contributed by atoms with Crippen LogP contribution in [0.15, 0.2) is 36.4 Å². The molecular weight excluding hydrogens is 358 g/mol. The summed E-state index contributed by atoms with van der Waals surface area (Å²) in [6, 6.07) is 13.5. The molecule has 0 unspecified atom stereocenters. The SMILES string of the molecule is Cc1cc(C(=O)NCCCc2nn(-c3ccccc3)c(N)c2C#N)c(C)s1. The molecule has 0 saturated heterocycles. The number of para-hydroxylation sites is 1. The molecule has 1 amide bonds. The summed E-state index contributed by atoms with van der Waals surface area (Å²) in [5, 5.41) is 16.9. The first-order valence-electron chi connectivity index (χ1n) is 8.69. The minimum Gasteiger partial charge on any atom is -0.382 e. The Hall–Kier alpha value is -3.11. The Balaban J connectivity index is 1.64. The lowest BCUT2D eigenvalue weighted by molar-refractivity contribution is 0.0953. The van der Waals surface area contributed by atoms with Crippen molar-refractivity contribution in [1.82, 2.24) is 15.1 Å². The number of nitrogens with one attached hydrogen (secondary N) is 1. The number of benzene rings is 1. The van der Waals surface area contributed by atoms with Crippen LogP contribution in [0.4, 0.5) is 5.82 Å². The molecule has 27 heavy (non-hydrogen) atoms. The summed E-state index contributed by atoms with van der Waals surface area (Å²) in [6.45, 7) is 4.45. The maximum atomic E-state index is 12.3. The van der Waals surface area contributed by atoms with Gasteiger partial charge in [0.25, 0.3) is 5.91 Å². The summed E-state index contributed by atoms with van der Waals surface area (Å²) in [4.78, 5) is 14.4. The van der Waals surface area contributed by atoms with Gasteiger partial charge >= 0.3 is 0 Å². The van der Waals surface area contributed by atoms with Gasteiger partial charge in [-0.3, -0.25) is 4.79 Å². The number of nitrogens with zero attached hydrogens (tertiary/aromatic N) is 3. The standard InChI is InChI=1S/C20H21N5OS/c1-13-11-16(14(2)27-13)20(26)23-10-6-9-18-17(12-21)19(22)25(24-18)15-7-4-3-5-8-15/h3-5,7-8,11H,6,9-10,22H2,1-2H3,(H,23,26). The number of nitrogens with two attached hydrogens (primary N) is 1. The highest BCUT2D eigenvalue weighted by molar-refractivity contribution is 7.12. The lowest BCUT2D eigenvalue weighted by Crippen LogP contribution is -2.25. The fourth-order valence-corrected chi connectivity index (χ4v) is 3.87. The highest BCUT2D eigenvalue weighted by Gasteiger charge is 2.16. The Kier molecular flexibility index (Phi) is 5.57. The van der Waals surface area contributed by atoms with Gasteiger partial charge in [-0.05, 0) is 44.9 Å². The molecule has 0 saturated carbocycles. The third-order valence-electron chi connectivity index (χ3n) is 4.27. The van der Waals surface area contributed by atoms with Crippen molar-refractivity contribution >= 4 is 23.1 Å². The minimum absolute atomic E-state index is 0.0633. The van der Waals surface area contributed by atoms with E-state index in [1.165, 1.54) is 0 Å². The quantitative estimate of drug-likeness (QED) is 0.642. The highest BCUT2D eigenvalue weighted by Crippen LogP contribution is 2.22. The van der Waals surface area contributed by atoms with Crippen molar-refractivity contribution in [3.63, 3.8) is 0 Å². The van der Waals surface area contributed by atoms with Gasteiger partial charge in [-0.1, -0.05) is 18.2 Å². The molecule has 0 aliphatic rings. The van der Waals surface area contributed by atoms with Crippen molar-refractivity contribution in [2.24, 2.45) is 0 Å². The molecular formula is C20H21N5OS.